The molecule has 0 bridgehead atoms. The second kappa shape index (κ2) is 12.1. The van der Waals surface area contributed by atoms with Crippen molar-refractivity contribution < 1.29 is 23.9 Å². The third-order valence-corrected chi connectivity index (χ3v) is 6.86. The highest BCUT2D eigenvalue weighted by Gasteiger charge is 2.35. The zero-order valence-corrected chi connectivity index (χ0v) is 23.1. The Morgan fingerprint density at radius 3 is 2.26 bits per heavy atom. The molecule has 0 spiro atoms. The van der Waals surface area contributed by atoms with Crippen molar-refractivity contribution in [1.29, 1.82) is 0 Å². The van der Waals surface area contributed by atoms with Crippen LogP contribution in [0.4, 0.5) is 11.4 Å². The van der Waals surface area contributed by atoms with Crippen molar-refractivity contribution >= 4 is 45.0 Å². The van der Waals surface area contributed by atoms with E-state index in [1.54, 1.807) is 36.3 Å². The molecule has 8 nitrogen and oxygen atoms in total. The molecule has 4 rings (SSSR count). The number of benzene rings is 3. The van der Waals surface area contributed by atoms with Gasteiger partial charge in [0.2, 0.25) is 11.8 Å². The summed E-state index contributed by atoms with van der Waals surface area (Å²) in [5.41, 5.74) is 4.31. The van der Waals surface area contributed by atoms with Crippen LogP contribution in [0, 0.1) is 19.8 Å². The standard InChI is InChI=1S/C29H30BrN3O5/c1-18-12-22(30)13-19(2)28(18)32-26(34)17-38-25-10-6-23(7-11-25)33-16-21(14-27(33)35)29(36)31-15-20-4-8-24(37-3)9-5-20/h4-13,21H,14-17H2,1-3H3,(H,31,36)(H,32,34)/t21-/m1/s1. The fourth-order valence-corrected chi connectivity index (χ4v) is 5.05. The van der Waals surface area contributed by atoms with Gasteiger partial charge in [-0.2, -0.15) is 0 Å². The highest BCUT2D eigenvalue weighted by molar-refractivity contribution is 9.10. The Morgan fingerprint density at radius 2 is 1.63 bits per heavy atom. The van der Waals surface area contributed by atoms with E-state index >= 15 is 0 Å². The van der Waals surface area contributed by atoms with Crippen molar-refractivity contribution in [2.24, 2.45) is 5.92 Å². The normalized spacial score (nSPS) is 14.8. The van der Waals surface area contributed by atoms with Gasteiger partial charge in [0, 0.05) is 35.4 Å². The molecule has 1 fully saturated rings. The number of methoxy groups -OCH3 is 1. The molecule has 3 amide bonds. The molecule has 3 aromatic rings. The Bertz CT molecular complexity index is 1300. The fraction of sp³-hybridized carbons (Fsp3) is 0.276. The molecule has 0 aromatic heterocycles. The summed E-state index contributed by atoms with van der Waals surface area (Å²) in [4.78, 5) is 39.3. The lowest BCUT2D eigenvalue weighted by Gasteiger charge is -2.17. The van der Waals surface area contributed by atoms with Gasteiger partial charge in [-0.15, -0.1) is 0 Å². The molecule has 1 aliphatic rings. The molecule has 9 heteroatoms. The molecule has 0 saturated carbocycles. The first-order valence-corrected chi connectivity index (χ1v) is 13.0. The smallest absolute Gasteiger partial charge is 0.262 e. The van der Waals surface area contributed by atoms with E-state index in [0.29, 0.717) is 24.5 Å². The highest BCUT2D eigenvalue weighted by Crippen LogP contribution is 2.28. The zero-order valence-electron chi connectivity index (χ0n) is 21.5. The fourth-order valence-electron chi connectivity index (χ4n) is 4.36. The number of nitrogens with zero attached hydrogens (tertiary/aromatic N) is 1. The molecule has 1 atom stereocenters. The third kappa shape index (κ3) is 6.72. The third-order valence-electron chi connectivity index (χ3n) is 6.40. The lowest BCUT2D eigenvalue weighted by atomic mass is 10.1. The van der Waals surface area contributed by atoms with Crippen LogP contribution >= 0.6 is 15.9 Å². The predicted molar refractivity (Wildman–Crippen MR) is 149 cm³/mol. The van der Waals surface area contributed by atoms with Crippen LogP contribution in [0.5, 0.6) is 11.5 Å². The van der Waals surface area contributed by atoms with Crippen LogP contribution in [-0.2, 0) is 20.9 Å². The minimum absolute atomic E-state index is 0.108. The van der Waals surface area contributed by atoms with Gasteiger partial charge in [0.05, 0.1) is 13.0 Å². The van der Waals surface area contributed by atoms with Gasteiger partial charge in [-0.3, -0.25) is 14.4 Å². The lowest BCUT2D eigenvalue weighted by Crippen LogP contribution is -2.32. The largest absolute Gasteiger partial charge is 0.497 e. The Hall–Kier alpha value is -3.85. The van der Waals surface area contributed by atoms with Crippen molar-refractivity contribution in [3.05, 3.63) is 81.8 Å². The molecular weight excluding hydrogens is 550 g/mol. The molecule has 0 radical (unpaired) electrons. The molecule has 0 unspecified atom stereocenters. The van der Waals surface area contributed by atoms with Crippen molar-refractivity contribution in [3.63, 3.8) is 0 Å². The average Bonchev–Trinajstić information content (AvgIpc) is 3.30. The summed E-state index contributed by atoms with van der Waals surface area (Å²) < 4.78 is 11.7. The summed E-state index contributed by atoms with van der Waals surface area (Å²) in [5, 5.41) is 5.81. The number of hydrogen-bond acceptors (Lipinski definition) is 5. The number of carbonyl (C=O) groups excluding carboxylic acids is 3. The van der Waals surface area contributed by atoms with Gasteiger partial charge in [-0.25, -0.2) is 0 Å². The number of rotatable bonds is 9. The first kappa shape index (κ1) is 27.2. The molecule has 198 valence electrons. The van der Waals surface area contributed by atoms with Crippen LogP contribution in [0.25, 0.3) is 0 Å². The SMILES string of the molecule is COc1ccc(CNC(=O)[C@@H]2CC(=O)N(c3ccc(OCC(=O)Nc4c(C)cc(Br)cc4C)cc3)C2)cc1. The number of anilines is 2. The minimum Gasteiger partial charge on any atom is -0.497 e. The summed E-state index contributed by atoms with van der Waals surface area (Å²) in [6.45, 7) is 4.41. The lowest BCUT2D eigenvalue weighted by molar-refractivity contribution is -0.126. The van der Waals surface area contributed by atoms with Crippen molar-refractivity contribution in [2.75, 3.05) is 30.5 Å². The maximum absolute atomic E-state index is 12.7. The molecule has 0 aliphatic carbocycles. The quantitative estimate of drug-likeness (QED) is 0.381. The Labute approximate surface area is 230 Å². The van der Waals surface area contributed by atoms with Gasteiger partial charge < -0.3 is 25.0 Å². The summed E-state index contributed by atoms with van der Waals surface area (Å²) in [6, 6.07) is 18.3. The first-order chi connectivity index (χ1) is 18.2. The van der Waals surface area contributed by atoms with E-state index in [4.69, 9.17) is 9.47 Å². The zero-order chi connectivity index (χ0) is 27.2. The topological polar surface area (TPSA) is 97.0 Å². The number of aryl methyl sites for hydroxylation is 2. The summed E-state index contributed by atoms with van der Waals surface area (Å²) >= 11 is 3.45. The second-order valence-corrected chi connectivity index (χ2v) is 10.1. The number of amides is 3. The molecule has 38 heavy (non-hydrogen) atoms. The van der Waals surface area contributed by atoms with Gasteiger partial charge in [-0.1, -0.05) is 28.1 Å². The van der Waals surface area contributed by atoms with Crippen LogP contribution in [-0.4, -0.2) is 38.0 Å². The number of nitrogens with one attached hydrogen (secondary N) is 2. The predicted octanol–water partition coefficient (Wildman–Crippen LogP) is 4.76. The first-order valence-electron chi connectivity index (χ1n) is 12.2. The molecule has 3 aromatic carbocycles. The maximum Gasteiger partial charge on any atom is 0.262 e. The number of halogens is 1. The van der Waals surface area contributed by atoms with Crippen molar-refractivity contribution in [3.8, 4) is 11.5 Å². The molecule has 1 heterocycles. The summed E-state index contributed by atoms with van der Waals surface area (Å²) in [7, 11) is 1.60. The molecule has 2 N–H and O–H groups in total. The van der Waals surface area contributed by atoms with Crippen LogP contribution in [0.1, 0.15) is 23.1 Å². The van der Waals surface area contributed by atoms with Crippen LogP contribution in [0.15, 0.2) is 65.1 Å². The molecule has 1 saturated heterocycles. The van der Waals surface area contributed by atoms with Gasteiger partial charge in [-0.05, 0) is 79.1 Å². The number of ether oxygens (including phenoxy) is 2. The number of hydrogen-bond donors (Lipinski definition) is 2. The van der Waals surface area contributed by atoms with E-state index < -0.39 is 5.92 Å². The Kier molecular flexibility index (Phi) is 8.68. The van der Waals surface area contributed by atoms with E-state index in [2.05, 4.69) is 26.6 Å². The number of carbonyl (C=O) groups is 3. The monoisotopic (exact) mass is 579 g/mol. The maximum atomic E-state index is 12.7. The van der Waals surface area contributed by atoms with Gasteiger partial charge >= 0.3 is 0 Å². The summed E-state index contributed by atoms with van der Waals surface area (Å²) in [6.07, 6.45) is 0.155. The van der Waals surface area contributed by atoms with E-state index in [-0.39, 0.29) is 30.7 Å². The molecule has 1 aliphatic heterocycles. The van der Waals surface area contributed by atoms with E-state index in [1.807, 2.05) is 50.2 Å². The van der Waals surface area contributed by atoms with E-state index in [0.717, 1.165) is 32.6 Å². The van der Waals surface area contributed by atoms with Crippen molar-refractivity contribution in [1.82, 2.24) is 5.32 Å². The Morgan fingerprint density at radius 1 is 1.00 bits per heavy atom. The average molecular weight is 580 g/mol. The summed E-state index contributed by atoms with van der Waals surface area (Å²) in [5.74, 6) is 0.310. The van der Waals surface area contributed by atoms with Gasteiger partial charge in [0.25, 0.3) is 5.91 Å². The van der Waals surface area contributed by atoms with Crippen LogP contribution < -0.4 is 25.0 Å². The van der Waals surface area contributed by atoms with Crippen LogP contribution in [0.3, 0.4) is 0 Å². The van der Waals surface area contributed by atoms with Crippen molar-refractivity contribution in [2.45, 2.75) is 26.8 Å². The van der Waals surface area contributed by atoms with Gasteiger partial charge in [0.1, 0.15) is 11.5 Å². The Balaban J connectivity index is 1.27. The minimum atomic E-state index is -0.425. The van der Waals surface area contributed by atoms with Crippen LogP contribution in [0.2, 0.25) is 0 Å². The highest BCUT2D eigenvalue weighted by atomic mass is 79.9. The molecular formula is C29H30BrN3O5. The second-order valence-electron chi connectivity index (χ2n) is 9.22. The van der Waals surface area contributed by atoms with E-state index in [9.17, 15) is 14.4 Å². The van der Waals surface area contributed by atoms with Gasteiger partial charge in [0.15, 0.2) is 6.61 Å². The van der Waals surface area contributed by atoms with E-state index in [1.165, 1.54) is 0 Å².